The lowest BCUT2D eigenvalue weighted by atomic mass is 10.1. The lowest BCUT2D eigenvalue weighted by molar-refractivity contribution is 0.128. The number of hydrogen-bond donors (Lipinski definition) is 2. The number of rotatable bonds is 6. The van der Waals surface area contributed by atoms with Crippen molar-refractivity contribution in [2.45, 2.75) is 33.3 Å². The summed E-state index contributed by atoms with van der Waals surface area (Å²) in [6.45, 7) is 6.58. The Labute approximate surface area is 140 Å². The molecule has 2 aromatic rings. The fourth-order valence-electron chi connectivity index (χ4n) is 2.08. The number of carbonyl (C=O) groups excluding carboxylic acids is 1. The second-order valence-corrected chi connectivity index (χ2v) is 6.31. The van der Waals surface area contributed by atoms with Crippen molar-refractivity contribution < 1.29 is 9.90 Å². The molecule has 0 fully saturated rings. The lowest BCUT2D eigenvalue weighted by Gasteiger charge is -2.23. The van der Waals surface area contributed by atoms with E-state index in [-0.39, 0.29) is 12.6 Å². The number of aromatic nitrogens is 2. The van der Waals surface area contributed by atoms with Gasteiger partial charge >= 0.3 is 6.03 Å². The summed E-state index contributed by atoms with van der Waals surface area (Å²) in [6.07, 6.45) is 0.0684. The Kier molecular flexibility index (Phi) is 6.06. The molecule has 0 saturated heterocycles. The van der Waals surface area contributed by atoms with Gasteiger partial charge in [0.25, 0.3) is 0 Å². The highest BCUT2D eigenvalue weighted by atomic mass is 32.1. The molecule has 1 atom stereocenters. The van der Waals surface area contributed by atoms with Crippen LogP contribution in [0.3, 0.4) is 0 Å². The monoisotopic (exact) mass is 334 g/mol. The molecule has 0 aliphatic rings. The van der Waals surface area contributed by atoms with Crippen LogP contribution in [-0.2, 0) is 6.42 Å². The molecule has 0 aliphatic heterocycles. The zero-order valence-corrected chi connectivity index (χ0v) is 14.4. The van der Waals surface area contributed by atoms with Gasteiger partial charge in [0.2, 0.25) is 5.13 Å². The first-order valence-electron chi connectivity index (χ1n) is 7.66. The molecule has 124 valence electrons. The number of likely N-dealkylation sites (N-methyl/N-ethyl adjacent to an activating group) is 1. The Hall–Kier alpha value is -1.99. The third-order valence-electron chi connectivity index (χ3n) is 3.51. The van der Waals surface area contributed by atoms with Crippen molar-refractivity contribution in [3.05, 3.63) is 40.4 Å². The minimum absolute atomic E-state index is 0.227. The van der Waals surface area contributed by atoms with Crippen LogP contribution in [0.15, 0.2) is 24.3 Å². The highest BCUT2D eigenvalue weighted by Gasteiger charge is 2.18. The summed E-state index contributed by atoms with van der Waals surface area (Å²) < 4.78 is 0. The molecule has 0 radical (unpaired) electrons. The fourth-order valence-corrected chi connectivity index (χ4v) is 2.75. The van der Waals surface area contributed by atoms with E-state index in [1.807, 2.05) is 45.0 Å². The number of nitrogens with one attached hydrogen (secondary N) is 1. The second kappa shape index (κ2) is 8.03. The van der Waals surface area contributed by atoms with Gasteiger partial charge in [-0.15, -0.1) is 10.2 Å². The minimum atomic E-state index is -0.720. The van der Waals surface area contributed by atoms with Gasteiger partial charge in [-0.1, -0.05) is 48.1 Å². The highest BCUT2D eigenvalue weighted by molar-refractivity contribution is 7.15. The number of hydrogen-bond acceptors (Lipinski definition) is 5. The first kappa shape index (κ1) is 17.4. The van der Waals surface area contributed by atoms with E-state index in [0.717, 1.165) is 22.6 Å². The smallest absolute Gasteiger partial charge is 0.323 e. The van der Waals surface area contributed by atoms with Crippen LogP contribution in [-0.4, -0.2) is 39.3 Å². The van der Waals surface area contributed by atoms with Crippen molar-refractivity contribution in [1.82, 2.24) is 15.1 Å². The average molecular weight is 334 g/mol. The molecule has 6 nitrogen and oxygen atoms in total. The molecule has 1 unspecified atom stereocenters. The zero-order valence-electron chi connectivity index (χ0n) is 13.6. The molecular weight excluding hydrogens is 312 g/mol. The SMILES string of the molecule is CCc1nnc(NC(=O)N(CC)CC(O)c2ccc(C)cc2)s1. The molecular formula is C16H22N4O2S. The van der Waals surface area contributed by atoms with Crippen LogP contribution in [0.1, 0.15) is 36.1 Å². The lowest BCUT2D eigenvalue weighted by Crippen LogP contribution is -2.37. The van der Waals surface area contributed by atoms with Crippen LogP contribution in [0.4, 0.5) is 9.93 Å². The van der Waals surface area contributed by atoms with Gasteiger partial charge < -0.3 is 10.0 Å². The van der Waals surface area contributed by atoms with Crippen LogP contribution in [0, 0.1) is 6.92 Å². The van der Waals surface area contributed by atoms with Crippen molar-refractivity contribution in [3.63, 3.8) is 0 Å². The molecule has 0 aliphatic carbocycles. The number of benzene rings is 1. The van der Waals surface area contributed by atoms with E-state index in [1.165, 1.54) is 11.3 Å². The van der Waals surface area contributed by atoms with Crippen molar-refractivity contribution in [2.75, 3.05) is 18.4 Å². The number of aryl methyl sites for hydroxylation is 2. The van der Waals surface area contributed by atoms with E-state index in [4.69, 9.17) is 0 Å². The first-order chi connectivity index (χ1) is 11.0. The van der Waals surface area contributed by atoms with Crippen molar-refractivity contribution in [3.8, 4) is 0 Å². The van der Waals surface area contributed by atoms with Crippen LogP contribution in [0.5, 0.6) is 0 Å². The molecule has 23 heavy (non-hydrogen) atoms. The van der Waals surface area contributed by atoms with Crippen molar-refractivity contribution in [1.29, 1.82) is 0 Å². The van der Waals surface area contributed by atoms with Crippen LogP contribution < -0.4 is 5.32 Å². The van der Waals surface area contributed by atoms with E-state index in [9.17, 15) is 9.90 Å². The number of anilines is 1. The minimum Gasteiger partial charge on any atom is -0.387 e. The van der Waals surface area contributed by atoms with Gasteiger partial charge in [0.1, 0.15) is 5.01 Å². The Bertz CT molecular complexity index is 642. The van der Waals surface area contributed by atoms with Crippen molar-refractivity contribution >= 4 is 22.5 Å². The number of aliphatic hydroxyl groups excluding tert-OH is 1. The summed E-state index contributed by atoms with van der Waals surface area (Å²) in [5.41, 5.74) is 1.93. The number of aliphatic hydroxyl groups is 1. The molecule has 1 aromatic carbocycles. The molecule has 2 rings (SSSR count). The summed E-state index contributed by atoms with van der Waals surface area (Å²) >= 11 is 1.36. The van der Waals surface area contributed by atoms with Gasteiger partial charge in [0.15, 0.2) is 0 Å². The first-order valence-corrected chi connectivity index (χ1v) is 8.48. The standard InChI is InChI=1S/C16H22N4O2S/c1-4-14-18-19-15(23-14)17-16(22)20(5-2)10-13(21)12-8-6-11(3)7-9-12/h6-9,13,21H,4-5,10H2,1-3H3,(H,17,19,22). The number of carbonyl (C=O) groups is 1. The van der Waals surface area contributed by atoms with Gasteiger partial charge in [0, 0.05) is 6.54 Å². The average Bonchev–Trinajstić information content (AvgIpc) is 3.00. The quantitative estimate of drug-likeness (QED) is 0.851. The summed E-state index contributed by atoms with van der Waals surface area (Å²) in [4.78, 5) is 13.9. The summed E-state index contributed by atoms with van der Waals surface area (Å²) in [5, 5.41) is 22.3. The fraction of sp³-hybridized carbons (Fsp3) is 0.438. The Morgan fingerprint density at radius 1 is 1.30 bits per heavy atom. The summed E-state index contributed by atoms with van der Waals surface area (Å²) in [7, 11) is 0. The van der Waals surface area contributed by atoms with E-state index >= 15 is 0 Å². The molecule has 7 heteroatoms. The Morgan fingerprint density at radius 2 is 2.00 bits per heavy atom. The predicted octanol–water partition coefficient (Wildman–Crippen LogP) is 3.00. The molecule has 2 N–H and O–H groups in total. The van der Waals surface area contributed by atoms with Gasteiger partial charge in [-0.2, -0.15) is 0 Å². The maximum Gasteiger partial charge on any atom is 0.323 e. The highest BCUT2D eigenvalue weighted by Crippen LogP contribution is 2.18. The number of amides is 2. The maximum atomic E-state index is 12.3. The van der Waals surface area contributed by atoms with E-state index in [2.05, 4.69) is 15.5 Å². The predicted molar refractivity (Wildman–Crippen MR) is 91.7 cm³/mol. The Morgan fingerprint density at radius 3 is 2.57 bits per heavy atom. The van der Waals surface area contributed by atoms with E-state index < -0.39 is 6.10 Å². The molecule has 2 amide bonds. The van der Waals surface area contributed by atoms with Crippen LogP contribution in [0.25, 0.3) is 0 Å². The second-order valence-electron chi connectivity index (χ2n) is 5.25. The summed E-state index contributed by atoms with van der Waals surface area (Å²) in [6, 6.07) is 7.37. The molecule has 0 saturated carbocycles. The Balaban J connectivity index is 1.97. The maximum absolute atomic E-state index is 12.3. The van der Waals surface area contributed by atoms with Gasteiger partial charge in [0.05, 0.1) is 12.6 Å². The number of nitrogens with zero attached hydrogens (tertiary/aromatic N) is 3. The van der Waals surface area contributed by atoms with E-state index in [0.29, 0.717) is 11.7 Å². The third kappa shape index (κ3) is 4.74. The van der Waals surface area contributed by atoms with E-state index in [1.54, 1.807) is 4.90 Å². The molecule has 0 bridgehead atoms. The summed E-state index contributed by atoms with van der Waals surface area (Å²) in [5.74, 6) is 0. The molecule has 0 spiro atoms. The van der Waals surface area contributed by atoms with Gasteiger partial charge in [-0.3, -0.25) is 5.32 Å². The third-order valence-corrected chi connectivity index (χ3v) is 4.49. The van der Waals surface area contributed by atoms with Crippen molar-refractivity contribution in [2.24, 2.45) is 0 Å². The normalized spacial score (nSPS) is 12.0. The van der Waals surface area contributed by atoms with Gasteiger partial charge in [-0.05, 0) is 25.8 Å². The zero-order chi connectivity index (χ0) is 16.8. The molecule has 1 heterocycles. The van der Waals surface area contributed by atoms with Crippen LogP contribution >= 0.6 is 11.3 Å². The van der Waals surface area contributed by atoms with Gasteiger partial charge in [-0.25, -0.2) is 4.79 Å². The topological polar surface area (TPSA) is 78.4 Å². The number of urea groups is 1. The van der Waals surface area contributed by atoms with Crippen LogP contribution in [0.2, 0.25) is 0 Å². The largest absolute Gasteiger partial charge is 0.387 e. The molecule has 1 aromatic heterocycles.